The summed E-state index contributed by atoms with van der Waals surface area (Å²) in [6, 6.07) is 5.30. The third-order valence-corrected chi connectivity index (χ3v) is 3.86. The number of carbonyl (C=O) groups is 1. The van der Waals surface area contributed by atoms with Crippen molar-refractivity contribution in [3.63, 3.8) is 0 Å². The monoisotopic (exact) mass is 353 g/mol. The second kappa shape index (κ2) is 6.67. The summed E-state index contributed by atoms with van der Waals surface area (Å²) in [6.45, 7) is 0.805. The number of nitrogens with zero attached hydrogens (tertiary/aromatic N) is 3. The van der Waals surface area contributed by atoms with Gasteiger partial charge in [-0.3, -0.25) is 0 Å². The molecule has 3 rings (SSSR count). The van der Waals surface area contributed by atoms with Gasteiger partial charge in [0.1, 0.15) is 11.9 Å². The van der Waals surface area contributed by atoms with Crippen LogP contribution in [0.25, 0.3) is 0 Å². The first-order valence-electron chi connectivity index (χ1n) is 7.44. The van der Waals surface area contributed by atoms with Crippen LogP contribution in [0.15, 0.2) is 36.7 Å². The zero-order valence-electron chi connectivity index (χ0n) is 12.9. The highest BCUT2D eigenvalue weighted by Gasteiger charge is 2.36. The molecule has 0 saturated carbocycles. The molecule has 0 bridgehead atoms. The average molecular weight is 353 g/mol. The van der Waals surface area contributed by atoms with Crippen LogP contribution in [0.4, 0.5) is 19.0 Å². The Morgan fingerprint density at radius 1 is 1.24 bits per heavy atom. The van der Waals surface area contributed by atoms with Gasteiger partial charge < -0.3 is 14.7 Å². The van der Waals surface area contributed by atoms with E-state index in [-0.39, 0.29) is 24.4 Å². The van der Waals surface area contributed by atoms with Crippen LogP contribution in [0.3, 0.4) is 0 Å². The first kappa shape index (κ1) is 17.2. The first-order valence-corrected chi connectivity index (χ1v) is 7.44. The lowest BCUT2D eigenvalue weighted by molar-refractivity contribution is -0.139. The molecule has 0 amide bonds. The molecule has 1 unspecified atom stereocenters. The predicted molar refractivity (Wildman–Crippen MR) is 81.3 cm³/mol. The van der Waals surface area contributed by atoms with Crippen LogP contribution in [0.1, 0.15) is 27.7 Å². The van der Waals surface area contributed by atoms with E-state index in [1.54, 1.807) is 4.90 Å². The van der Waals surface area contributed by atoms with Gasteiger partial charge in [-0.1, -0.05) is 18.2 Å². The summed E-state index contributed by atoms with van der Waals surface area (Å²) in [6.07, 6.45) is -2.83. The van der Waals surface area contributed by atoms with Crippen molar-refractivity contribution >= 4 is 11.8 Å². The topological polar surface area (TPSA) is 75.5 Å². The molecule has 1 aliphatic rings. The molecule has 0 spiro atoms. The van der Waals surface area contributed by atoms with Crippen molar-refractivity contribution in [2.75, 3.05) is 24.6 Å². The molecule has 25 heavy (non-hydrogen) atoms. The van der Waals surface area contributed by atoms with Crippen molar-refractivity contribution < 1.29 is 27.8 Å². The van der Waals surface area contributed by atoms with Crippen molar-refractivity contribution in [3.05, 3.63) is 53.5 Å². The number of alkyl halides is 3. The fourth-order valence-electron chi connectivity index (χ4n) is 2.68. The van der Waals surface area contributed by atoms with E-state index in [0.717, 1.165) is 12.3 Å². The van der Waals surface area contributed by atoms with Gasteiger partial charge in [-0.25, -0.2) is 14.8 Å². The summed E-state index contributed by atoms with van der Waals surface area (Å²) < 4.78 is 45.1. The number of ether oxygens (including phenoxy) is 1. The van der Waals surface area contributed by atoms with Crippen LogP contribution in [0, 0.1) is 0 Å². The van der Waals surface area contributed by atoms with Gasteiger partial charge in [-0.05, 0) is 11.6 Å². The molecule has 1 aromatic heterocycles. The Hall–Kier alpha value is -2.68. The normalized spacial score (nSPS) is 18.2. The molecular formula is C16H14F3N3O3. The van der Waals surface area contributed by atoms with E-state index in [9.17, 15) is 18.0 Å². The Labute approximate surface area is 140 Å². The van der Waals surface area contributed by atoms with E-state index >= 15 is 0 Å². The number of hydrogen-bond acceptors (Lipinski definition) is 5. The Balaban J connectivity index is 1.83. The quantitative estimate of drug-likeness (QED) is 0.915. The van der Waals surface area contributed by atoms with Crippen LogP contribution in [0.5, 0.6) is 0 Å². The second-order valence-corrected chi connectivity index (χ2v) is 5.46. The number of benzene rings is 1. The molecule has 0 aliphatic carbocycles. The maximum absolute atomic E-state index is 13.2. The van der Waals surface area contributed by atoms with Crippen molar-refractivity contribution in [3.8, 4) is 0 Å². The van der Waals surface area contributed by atoms with Crippen LogP contribution in [-0.2, 0) is 10.9 Å². The smallest absolute Gasteiger partial charge is 0.416 e. The molecular weight excluding hydrogens is 339 g/mol. The molecule has 1 saturated heterocycles. The van der Waals surface area contributed by atoms with Gasteiger partial charge in [0.2, 0.25) is 0 Å². The first-order chi connectivity index (χ1) is 11.9. The van der Waals surface area contributed by atoms with E-state index < -0.39 is 23.8 Å². The largest absolute Gasteiger partial charge is 0.476 e. The number of morpholine rings is 1. The second-order valence-electron chi connectivity index (χ2n) is 5.46. The Bertz CT molecular complexity index is 765. The Morgan fingerprint density at radius 3 is 2.64 bits per heavy atom. The van der Waals surface area contributed by atoms with Crippen molar-refractivity contribution in [1.82, 2.24) is 9.97 Å². The zero-order chi connectivity index (χ0) is 18.0. The highest BCUT2D eigenvalue weighted by atomic mass is 19.4. The number of aromatic carboxylic acids is 1. The van der Waals surface area contributed by atoms with Crippen molar-refractivity contribution in [2.24, 2.45) is 0 Å². The van der Waals surface area contributed by atoms with E-state index in [2.05, 4.69) is 9.97 Å². The number of hydrogen-bond donors (Lipinski definition) is 1. The molecule has 6 nitrogen and oxygen atoms in total. The van der Waals surface area contributed by atoms with Gasteiger partial charge in [0.15, 0.2) is 5.69 Å². The van der Waals surface area contributed by atoms with Gasteiger partial charge in [0.05, 0.1) is 24.6 Å². The Morgan fingerprint density at radius 2 is 2.00 bits per heavy atom. The molecule has 1 atom stereocenters. The molecule has 1 aromatic carbocycles. The lowest BCUT2D eigenvalue weighted by Gasteiger charge is -2.34. The molecule has 132 valence electrons. The third-order valence-electron chi connectivity index (χ3n) is 3.86. The molecule has 1 fully saturated rings. The van der Waals surface area contributed by atoms with Gasteiger partial charge in [-0.2, -0.15) is 13.2 Å². The van der Waals surface area contributed by atoms with Crippen LogP contribution < -0.4 is 4.90 Å². The maximum Gasteiger partial charge on any atom is 0.416 e. The summed E-state index contributed by atoms with van der Waals surface area (Å²) in [5.74, 6) is -0.805. The lowest BCUT2D eigenvalue weighted by Crippen LogP contribution is -2.39. The number of carboxylic acid groups (broad SMARTS) is 1. The van der Waals surface area contributed by atoms with Gasteiger partial charge in [-0.15, -0.1) is 0 Å². The molecule has 0 radical (unpaired) electrons. The van der Waals surface area contributed by atoms with Gasteiger partial charge in [0, 0.05) is 13.1 Å². The van der Waals surface area contributed by atoms with E-state index in [4.69, 9.17) is 9.84 Å². The van der Waals surface area contributed by atoms with Crippen LogP contribution in [0.2, 0.25) is 0 Å². The summed E-state index contributed by atoms with van der Waals surface area (Å²) in [5.41, 5.74) is -0.861. The lowest BCUT2D eigenvalue weighted by atomic mass is 10.0. The highest BCUT2D eigenvalue weighted by molar-refractivity contribution is 5.84. The highest BCUT2D eigenvalue weighted by Crippen LogP contribution is 2.36. The maximum atomic E-state index is 13.2. The predicted octanol–water partition coefficient (Wildman–Crippen LogP) is 2.77. The minimum atomic E-state index is -4.47. The molecule has 9 heteroatoms. The third kappa shape index (κ3) is 3.71. The minimum Gasteiger partial charge on any atom is -0.476 e. The minimum absolute atomic E-state index is 0.0646. The van der Waals surface area contributed by atoms with Gasteiger partial charge >= 0.3 is 12.1 Å². The number of anilines is 1. The number of halogens is 3. The number of aromatic nitrogens is 2. The molecule has 2 aromatic rings. The molecule has 1 aliphatic heterocycles. The van der Waals surface area contributed by atoms with Crippen LogP contribution >= 0.6 is 0 Å². The fraction of sp³-hybridized carbons (Fsp3) is 0.312. The summed E-state index contributed by atoms with van der Waals surface area (Å²) in [5, 5.41) is 8.84. The SMILES string of the molecule is O=C(O)c1cnc(N2CCOC(c3ccccc3C(F)(F)F)C2)cn1. The standard InChI is InChI=1S/C16H14F3N3O3/c17-16(18,19)11-4-2-1-3-10(11)13-9-22(5-6-25-13)14-8-20-12(7-21-14)15(23)24/h1-4,7-8,13H,5-6,9H2,(H,23,24). The summed E-state index contributed by atoms with van der Waals surface area (Å²) in [7, 11) is 0. The van der Waals surface area contributed by atoms with Crippen molar-refractivity contribution in [1.29, 1.82) is 0 Å². The van der Waals surface area contributed by atoms with E-state index in [1.807, 2.05) is 0 Å². The van der Waals surface area contributed by atoms with Crippen LogP contribution in [-0.4, -0.2) is 40.7 Å². The van der Waals surface area contributed by atoms with E-state index in [1.165, 1.54) is 24.4 Å². The fourth-order valence-corrected chi connectivity index (χ4v) is 2.68. The molecule has 1 N–H and O–H groups in total. The Kier molecular flexibility index (Phi) is 4.58. The average Bonchev–Trinajstić information content (AvgIpc) is 2.61. The molecule has 2 heterocycles. The summed E-state index contributed by atoms with van der Waals surface area (Å²) >= 11 is 0. The summed E-state index contributed by atoms with van der Waals surface area (Å²) in [4.78, 5) is 20.3. The van der Waals surface area contributed by atoms with E-state index in [0.29, 0.717) is 12.4 Å². The van der Waals surface area contributed by atoms with Crippen molar-refractivity contribution in [2.45, 2.75) is 12.3 Å². The van der Waals surface area contributed by atoms with Gasteiger partial charge in [0.25, 0.3) is 0 Å². The number of carboxylic acids is 1. The zero-order valence-corrected chi connectivity index (χ0v) is 12.9. The number of rotatable bonds is 3.